The zero-order valence-electron chi connectivity index (χ0n) is 17.7. The number of aliphatic hydroxyl groups excluding tert-OH is 1. The Morgan fingerprint density at radius 1 is 1.28 bits per heavy atom. The van der Waals surface area contributed by atoms with Crippen LogP contribution in [0.5, 0.6) is 0 Å². The number of anilines is 1. The van der Waals surface area contributed by atoms with E-state index in [1.165, 1.54) is 16.7 Å². The van der Waals surface area contributed by atoms with E-state index in [4.69, 9.17) is 9.32 Å². The van der Waals surface area contributed by atoms with Gasteiger partial charge in [-0.15, -0.1) is 11.3 Å². The van der Waals surface area contributed by atoms with Gasteiger partial charge in [-0.3, -0.25) is 4.18 Å². The lowest BCUT2D eigenvalue weighted by Gasteiger charge is -2.15. The first kappa shape index (κ1) is 21.7. The zero-order chi connectivity index (χ0) is 22.5. The summed E-state index contributed by atoms with van der Waals surface area (Å²) in [5.41, 5.74) is 5.96. The monoisotopic (exact) mass is 474 g/mol. The molecule has 0 radical (unpaired) electrons. The van der Waals surface area contributed by atoms with Crippen molar-refractivity contribution in [3.05, 3.63) is 52.2 Å². The molecule has 1 aromatic carbocycles. The van der Waals surface area contributed by atoms with Crippen molar-refractivity contribution < 1.29 is 17.7 Å². The summed E-state index contributed by atoms with van der Waals surface area (Å²) in [5.74, 6) is 0.620. The van der Waals surface area contributed by atoms with Crippen molar-refractivity contribution in [2.24, 2.45) is 11.1 Å². The number of benzene rings is 1. The number of aryl methyl sites for hydroxylation is 2. The van der Waals surface area contributed by atoms with Gasteiger partial charge in [-0.2, -0.15) is 8.42 Å². The molecule has 4 atom stereocenters. The number of nitrogens with zero attached hydrogens (tertiary/aromatic N) is 2. The van der Waals surface area contributed by atoms with Crippen molar-refractivity contribution in [1.82, 2.24) is 9.97 Å². The minimum absolute atomic E-state index is 0.0748. The SMILES string of the molecule is Cc1ccc2c(c1)CCC2Nc1ncnc2c([C@@H]3C[C@@H](COS(N)(=O)=O)[C@@H](O)C3)csc12. The van der Waals surface area contributed by atoms with Gasteiger partial charge >= 0.3 is 10.3 Å². The highest BCUT2D eigenvalue weighted by atomic mass is 32.2. The Bertz CT molecular complexity index is 1260. The zero-order valence-corrected chi connectivity index (χ0v) is 19.3. The number of aromatic nitrogens is 2. The number of hydrogen-bond donors (Lipinski definition) is 3. The Labute approximate surface area is 191 Å². The Morgan fingerprint density at radius 3 is 2.94 bits per heavy atom. The maximum absolute atomic E-state index is 11.1. The molecule has 2 aliphatic carbocycles. The Balaban J connectivity index is 1.36. The molecule has 2 aliphatic rings. The quantitative estimate of drug-likeness (QED) is 0.501. The second-order valence-corrected chi connectivity index (χ2v) is 10.9. The fraction of sp³-hybridized carbons (Fsp3) is 0.455. The predicted molar refractivity (Wildman–Crippen MR) is 124 cm³/mol. The summed E-state index contributed by atoms with van der Waals surface area (Å²) in [5, 5.41) is 21.1. The van der Waals surface area contributed by atoms with Gasteiger partial charge in [0.05, 0.1) is 29.0 Å². The summed E-state index contributed by atoms with van der Waals surface area (Å²) in [7, 11) is -4.02. The molecular formula is C22H26N4O4S2. The van der Waals surface area contributed by atoms with E-state index in [1.54, 1.807) is 17.7 Å². The molecule has 32 heavy (non-hydrogen) atoms. The van der Waals surface area contributed by atoms with Crippen LogP contribution < -0.4 is 10.5 Å². The van der Waals surface area contributed by atoms with Gasteiger partial charge in [0.1, 0.15) is 12.1 Å². The molecule has 0 bridgehead atoms. The fourth-order valence-corrected chi connectivity index (χ4v) is 6.46. The highest BCUT2D eigenvalue weighted by molar-refractivity contribution is 7.84. The van der Waals surface area contributed by atoms with Gasteiger partial charge in [-0.05, 0) is 60.6 Å². The van der Waals surface area contributed by atoms with E-state index in [0.717, 1.165) is 34.4 Å². The van der Waals surface area contributed by atoms with Crippen LogP contribution in [0.1, 0.15) is 53.5 Å². The normalized spacial score (nSPS) is 25.3. The van der Waals surface area contributed by atoms with Crippen molar-refractivity contribution in [2.45, 2.75) is 50.7 Å². The molecule has 10 heteroatoms. The summed E-state index contributed by atoms with van der Waals surface area (Å²) >= 11 is 1.60. The predicted octanol–water partition coefficient (Wildman–Crippen LogP) is 3.17. The van der Waals surface area contributed by atoms with Gasteiger partial charge in [0.15, 0.2) is 0 Å². The summed E-state index contributed by atoms with van der Waals surface area (Å²) in [6.45, 7) is 2.01. The van der Waals surface area contributed by atoms with Crippen LogP contribution in [0.4, 0.5) is 5.82 Å². The van der Waals surface area contributed by atoms with Crippen molar-refractivity contribution in [2.75, 3.05) is 11.9 Å². The van der Waals surface area contributed by atoms with Gasteiger partial charge in [-0.1, -0.05) is 23.8 Å². The molecular weight excluding hydrogens is 448 g/mol. The molecule has 4 N–H and O–H groups in total. The van der Waals surface area contributed by atoms with E-state index < -0.39 is 16.4 Å². The third-order valence-corrected chi connectivity index (χ3v) is 8.07. The third kappa shape index (κ3) is 4.25. The second kappa shape index (κ2) is 8.35. The van der Waals surface area contributed by atoms with Crippen molar-refractivity contribution in [3.63, 3.8) is 0 Å². The number of fused-ring (bicyclic) bond motifs is 2. The van der Waals surface area contributed by atoms with Gasteiger partial charge in [-0.25, -0.2) is 15.1 Å². The maximum atomic E-state index is 11.1. The molecule has 1 unspecified atom stereocenters. The summed E-state index contributed by atoms with van der Waals surface area (Å²) < 4.78 is 27.9. The molecule has 2 heterocycles. The summed E-state index contributed by atoms with van der Waals surface area (Å²) in [4.78, 5) is 9.07. The number of rotatable bonds is 6. The van der Waals surface area contributed by atoms with Crippen LogP contribution >= 0.6 is 11.3 Å². The van der Waals surface area contributed by atoms with Gasteiger partial charge in [0.2, 0.25) is 0 Å². The van der Waals surface area contributed by atoms with Crippen LogP contribution in [0.15, 0.2) is 29.9 Å². The Kier molecular flexibility index (Phi) is 5.67. The van der Waals surface area contributed by atoms with Crippen LogP contribution in [-0.2, 0) is 20.9 Å². The van der Waals surface area contributed by atoms with E-state index in [9.17, 15) is 13.5 Å². The van der Waals surface area contributed by atoms with Gasteiger partial charge < -0.3 is 10.4 Å². The lowest BCUT2D eigenvalue weighted by molar-refractivity contribution is 0.101. The summed E-state index contributed by atoms with van der Waals surface area (Å²) in [6, 6.07) is 6.84. The maximum Gasteiger partial charge on any atom is 0.333 e. The second-order valence-electron chi connectivity index (χ2n) is 8.80. The first-order valence-electron chi connectivity index (χ1n) is 10.7. The number of nitrogens with two attached hydrogens (primary N) is 1. The molecule has 170 valence electrons. The van der Waals surface area contributed by atoms with E-state index in [-0.39, 0.29) is 24.5 Å². The van der Waals surface area contributed by atoms with Crippen molar-refractivity contribution in [3.8, 4) is 0 Å². The summed E-state index contributed by atoms with van der Waals surface area (Å²) in [6.07, 6.45) is 4.18. The Morgan fingerprint density at radius 2 is 2.12 bits per heavy atom. The average molecular weight is 475 g/mol. The molecule has 0 aliphatic heterocycles. The van der Waals surface area contributed by atoms with E-state index >= 15 is 0 Å². The van der Waals surface area contributed by atoms with Crippen LogP contribution in [0.25, 0.3) is 10.2 Å². The first-order chi connectivity index (χ1) is 15.3. The van der Waals surface area contributed by atoms with Crippen molar-refractivity contribution >= 4 is 37.7 Å². The molecule has 0 saturated heterocycles. The lowest BCUT2D eigenvalue weighted by atomic mass is 9.98. The fourth-order valence-electron chi connectivity index (χ4n) is 5.04. The molecule has 5 rings (SSSR count). The minimum Gasteiger partial charge on any atom is -0.393 e. The van der Waals surface area contributed by atoms with E-state index in [2.05, 4.69) is 45.8 Å². The average Bonchev–Trinajstić information content (AvgIpc) is 3.43. The number of aliphatic hydroxyl groups is 1. The van der Waals surface area contributed by atoms with E-state index in [1.807, 2.05) is 0 Å². The molecule has 3 aromatic rings. The van der Waals surface area contributed by atoms with Gasteiger partial charge in [0.25, 0.3) is 0 Å². The molecule has 1 saturated carbocycles. The molecule has 0 spiro atoms. The molecule has 8 nitrogen and oxygen atoms in total. The van der Waals surface area contributed by atoms with Crippen LogP contribution in [0, 0.1) is 12.8 Å². The third-order valence-electron chi connectivity index (χ3n) is 6.61. The molecule has 0 amide bonds. The Hall–Kier alpha value is -2.11. The largest absolute Gasteiger partial charge is 0.393 e. The topological polar surface area (TPSA) is 127 Å². The highest BCUT2D eigenvalue weighted by Crippen LogP contribution is 2.44. The number of thiophene rings is 1. The lowest BCUT2D eigenvalue weighted by Crippen LogP contribution is -2.24. The first-order valence-corrected chi connectivity index (χ1v) is 13.1. The standard InChI is InChI=1S/C22H26N4O4S2/c1-12-2-4-16-13(6-12)3-5-18(16)26-22-21-20(24-11-25-22)17(10-31-21)14-7-15(19(27)8-14)9-30-32(23,28)29/h2,4,6,10-11,14-15,18-19,27H,3,5,7-9H2,1H3,(H2,23,28,29)(H,24,25,26)/t14-,15+,18?,19+/m1/s1. The minimum atomic E-state index is -4.02. The van der Waals surface area contributed by atoms with Crippen LogP contribution in [0.3, 0.4) is 0 Å². The smallest absolute Gasteiger partial charge is 0.333 e. The van der Waals surface area contributed by atoms with Crippen LogP contribution in [-0.4, -0.2) is 36.2 Å². The number of hydrogen-bond acceptors (Lipinski definition) is 8. The highest BCUT2D eigenvalue weighted by Gasteiger charge is 2.36. The number of nitrogens with one attached hydrogen (secondary N) is 1. The van der Waals surface area contributed by atoms with Gasteiger partial charge in [0, 0.05) is 5.92 Å². The van der Waals surface area contributed by atoms with Crippen LogP contribution in [0.2, 0.25) is 0 Å². The molecule has 1 fully saturated rings. The van der Waals surface area contributed by atoms with Crippen molar-refractivity contribution in [1.29, 1.82) is 0 Å². The van der Waals surface area contributed by atoms with E-state index in [0.29, 0.717) is 12.8 Å². The molecule has 2 aromatic heterocycles.